The molecule has 1 atom stereocenters. The zero-order chi connectivity index (χ0) is 62.8. The lowest BCUT2D eigenvalue weighted by Gasteiger charge is -2.23. The molecule has 0 amide bonds. The van der Waals surface area contributed by atoms with Gasteiger partial charge >= 0.3 is 23.9 Å². The highest BCUT2D eigenvalue weighted by atomic mass is 79.9. The standard InChI is InChI=1S/C18H23BrO5.C12H23O5P.C8H7BrO2.CH4.S15.S14/c1-6-23-17(21)13(10-16(20)24-18(2,3)4)9-12-7-8-14(19)11-15(12)22-5;1-7-16-11(14)9(18(5,6)15)8-10(13)17-12(2,3)4;1-11-8-4-7(9)3-2-6(8)5-10;;1-3-5-7-9-11-13-15-14-12-10-8-6-4-2;1-3-5-7-9-11-13-14-12-10-8-6-4-2/h7-9,11H,6,10H2,1-5H3;9H,7-8H2,1-6H3;2-5H,1H3;1H4;;/b13-9+;;;;;. The van der Waals surface area contributed by atoms with E-state index in [1.807, 2.05) is 6.07 Å². The lowest BCUT2D eigenvalue weighted by molar-refractivity contribution is -0.157. The summed E-state index contributed by atoms with van der Waals surface area (Å²) in [5.74, 6) is -1.00. The van der Waals surface area contributed by atoms with E-state index in [0.29, 0.717) is 22.6 Å². The molecule has 0 spiro atoms. The monoisotopic (exact) mass is 1830 g/mol. The average Bonchev–Trinajstić information content (AvgIpc) is 3.40. The fourth-order valence-corrected chi connectivity index (χ4v) is 63.8. The highest BCUT2D eigenvalue weighted by Gasteiger charge is 2.35. The maximum Gasteiger partial charge on any atom is 0.334 e. The first-order valence-electron chi connectivity index (χ1n) is 21.1. The van der Waals surface area contributed by atoms with Gasteiger partial charge < -0.3 is 33.0 Å². The summed E-state index contributed by atoms with van der Waals surface area (Å²) in [7, 11) is 41.9. The minimum absolute atomic E-state index is 0. The third-order valence-electron chi connectivity index (χ3n) is 6.87. The molecule has 2 aromatic carbocycles. The van der Waals surface area contributed by atoms with E-state index in [1.165, 1.54) is 63.1 Å². The molecular formula is C39H57Br2O12PS29. The Kier molecular flexibility index (Phi) is 66.6. The summed E-state index contributed by atoms with van der Waals surface area (Å²) < 4.78 is 44.3. The van der Waals surface area contributed by atoms with E-state index in [-0.39, 0.29) is 39.1 Å². The Morgan fingerprint density at radius 2 is 0.880 bits per heavy atom. The Balaban J connectivity index is -0.000000480. The van der Waals surface area contributed by atoms with Gasteiger partial charge in [0.05, 0.1) is 53.0 Å². The molecule has 0 N–H and O–H groups in total. The number of methoxy groups -OCH3 is 2. The van der Waals surface area contributed by atoms with Crippen LogP contribution < -0.4 is 9.47 Å². The van der Waals surface area contributed by atoms with E-state index < -0.39 is 47.9 Å². The van der Waals surface area contributed by atoms with Crippen molar-refractivity contribution in [3.05, 3.63) is 62.0 Å². The molecule has 2 aromatic rings. The number of hydrogen-bond donors (Lipinski definition) is 0. The van der Waals surface area contributed by atoms with Gasteiger partial charge in [-0.05, 0) is 105 Å². The molecule has 12 nitrogen and oxygen atoms in total. The van der Waals surface area contributed by atoms with Gasteiger partial charge in [0.25, 0.3) is 0 Å². The fraction of sp³-hybridized carbons (Fsp3) is 0.513. The van der Waals surface area contributed by atoms with Gasteiger partial charge in [0, 0.05) is 287 Å². The number of rotatable bonds is 13. The molecule has 0 aliphatic carbocycles. The third kappa shape index (κ3) is 58.5. The number of carbonyl (C=O) groups excluding carboxylic acids is 5. The number of benzene rings is 2. The predicted octanol–water partition coefficient (Wildman–Crippen LogP) is 9.25. The van der Waals surface area contributed by atoms with Crippen LogP contribution in [0.3, 0.4) is 0 Å². The normalized spacial score (nSPS) is 10.2. The summed E-state index contributed by atoms with van der Waals surface area (Å²) in [6.07, 6.45) is 1.98. The second-order valence-electron chi connectivity index (χ2n) is 15.2. The van der Waals surface area contributed by atoms with Crippen LogP contribution in [0.25, 0.3) is 6.08 Å². The Morgan fingerprint density at radius 3 is 1.18 bits per heavy atom. The smallest absolute Gasteiger partial charge is 0.334 e. The van der Waals surface area contributed by atoms with Crippen LogP contribution in [0.5, 0.6) is 11.5 Å². The van der Waals surface area contributed by atoms with Gasteiger partial charge in [0.1, 0.15) is 28.4 Å². The number of carbonyl (C=O) groups is 5. The lowest BCUT2D eigenvalue weighted by atomic mass is 10.1. The van der Waals surface area contributed by atoms with E-state index >= 15 is 0 Å². The van der Waals surface area contributed by atoms with Crippen molar-refractivity contribution in [2.24, 2.45) is 0 Å². The second-order valence-corrected chi connectivity index (χ2v) is 64.8. The van der Waals surface area contributed by atoms with Crippen molar-refractivity contribution in [1.82, 2.24) is 0 Å². The van der Waals surface area contributed by atoms with Gasteiger partial charge in [-0.25, -0.2) is 4.79 Å². The summed E-state index contributed by atoms with van der Waals surface area (Å²) in [4.78, 5) is 58.0. The number of ether oxygens (including phenoxy) is 6. The summed E-state index contributed by atoms with van der Waals surface area (Å²) in [6.45, 7) is 17.3. The largest absolute Gasteiger partial charge is 0.496 e. The molecule has 0 aliphatic rings. The lowest BCUT2D eigenvalue weighted by Crippen LogP contribution is -2.31. The Hall–Kier alpha value is 2.90. The molecule has 0 heterocycles. The number of halogens is 2. The Labute approximate surface area is 595 Å². The third-order valence-corrected chi connectivity index (χ3v) is 60.9. The van der Waals surface area contributed by atoms with Crippen molar-refractivity contribution in [3.63, 3.8) is 0 Å². The molecule has 0 fully saturated rings. The van der Waals surface area contributed by atoms with Crippen LogP contribution in [0.15, 0.2) is 50.9 Å². The van der Waals surface area contributed by atoms with Crippen LogP contribution in [0.1, 0.15) is 91.6 Å². The van der Waals surface area contributed by atoms with Gasteiger partial charge in [0.2, 0.25) is 0 Å². The first kappa shape index (κ1) is 92.3. The second kappa shape index (κ2) is 59.9. The summed E-state index contributed by atoms with van der Waals surface area (Å²) >= 11 is 25.5. The zero-order valence-corrected chi connectivity index (χ0v) is 72.2. The maximum atomic E-state index is 12.2. The fourth-order valence-electron chi connectivity index (χ4n) is 4.29. The van der Waals surface area contributed by atoms with Gasteiger partial charge in [-0.2, -0.15) is 0 Å². The minimum Gasteiger partial charge on any atom is -0.496 e. The van der Waals surface area contributed by atoms with Gasteiger partial charge in [-0.3, -0.25) is 19.2 Å². The van der Waals surface area contributed by atoms with Crippen molar-refractivity contribution in [1.29, 1.82) is 0 Å². The molecule has 2 rings (SSSR count). The first-order chi connectivity index (χ1) is 38.7. The summed E-state index contributed by atoms with van der Waals surface area (Å²) in [5.41, 5.74) is -0.712. The Bertz CT molecular complexity index is 3640. The molecule has 1 unspecified atom stereocenters. The maximum absolute atomic E-state index is 12.2. The molecule has 44 heteroatoms. The predicted molar refractivity (Wildman–Crippen MR) is 433 cm³/mol. The SMILES string of the molecule is C.CCOC(=O)/C(=C/c1ccc(Br)cc1OC)CC(=O)OC(C)(C)C.CCOC(=O)C(CC(=O)OC(C)(C)C)P(C)(C)=O.COc1cc(Br)ccc1C=O.S=S=S=S=S=S=S=S=S=S=S=S=S=S.S=S=S=S=S=S=S=S=S=S=S=S=S=S=S. The molecule has 0 aromatic heterocycles. The molecule has 0 aliphatic heterocycles. The van der Waals surface area contributed by atoms with E-state index in [0.717, 1.165) is 15.2 Å². The summed E-state index contributed by atoms with van der Waals surface area (Å²) in [5, 5.41) is 0. The molecule has 0 saturated carbocycles. The van der Waals surface area contributed by atoms with E-state index in [2.05, 4.69) is 31.9 Å². The van der Waals surface area contributed by atoms with Gasteiger partial charge in [-0.1, -0.05) is 45.4 Å². The van der Waals surface area contributed by atoms with Gasteiger partial charge in [0.15, 0.2) is 6.29 Å². The van der Waals surface area contributed by atoms with E-state index in [4.69, 9.17) is 73.2 Å². The van der Waals surface area contributed by atoms with Gasteiger partial charge in [-0.15, -0.1) is 0 Å². The molecule has 83 heavy (non-hydrogen) atoms. The van der Waals surface area contributed by atoms with Crippen LogP contribution in [0, 0.1) is 0 Å². The topological polar surface area (TPSA) is 158 Å². The number of hydrogen-bond acceptors (Lipinski definition) is 16. The molecular weight excluding hydrogens is 1780 g/mol. The highest BCUT2D eigenvalue weighted by Crippen LogP contribution is 2.45. The van der Waals surface area contributed by atoms with Crippen molar-refractivity contribution >= 4 is 342 Å². The molecule has 0 radical (unpaired) electrons. The molecule has 0 bridgehead atoms. The first-order valence-corrected chi connectivity index (χ1v) is 61.3. The number of esters is 4. The van der Waals surface area contributed by atoms with Crippen LogP contribution in [-0.4, -0.2) is 87.8 Å². The van der Waals surface area contributed by atoms with Crippen molar-refractivity contribution in [2.45, 2.75) is 92.5 Å². The Morgan fingerprint density at radius 1 is 0.554 bits per heavy atom. The van der Waals surface area contributed by atoms with Crippen LogP contribution in [0.2, 0.25) is 0 Å². The molecule has 478 valence electrons. The van der Waals surface area contributed by atoms with Crippen LogP contribution in [0.4, 0.5) is 0 Å². The molecule has 0 saturated heterocycles. The highest BCUT2D eigenvalue weighted by molar-refractivity contribution is 9.10. The number of aldehydes is 1. The zero-order valence-electron chi connectivity index (χ0n) is 44.5. The average molecular weight is 1840 g/mol. The van der Waals surface area contributed by atoms with Crippen molar-refractivity contribution in [2.75, 3.05) is 40.8 Å². The quantitative estimate of drug-likeness (QED) is 0.0614. The van der Waals surface area contributed by atoms with Crippen LogP contribution >= 0.6 is 39.0 Å². The van der Waals surface area contributed by atoms with Crippen LogP contribution in [-0.2, 0) is 309 Å². The minimum atomic E-state index is -2.76. The van der Waals surface area contributed by atoms with Crippen molar-refractivity contribution < 1.29 is 57.0 Å². The summed E-state index contributed by atoms with van der Waals surface area (Å²) in [6, 6.07) is 10.6. The van der Waals surface area contributed by atoms with E-state index in [9.17, 15) is 28.5 Å². The van der Waals surface area contributed by atoms with Crippen molar-refractivity contribution in [3.8, 4) is 11.5 Å². The van der Waals surface area contributed by atoms with E-state index in [1.54, 1.807) is 278 Å².